The summed E-state index contributed by atoms with van der Waals surface area (Å²) in [6, 6.07) is 0. The molecule has 0 spiro atoms. The average molecular weight is 491 g/mol. The molecule has 4 atom stereocenters. The Bertz CT molecular complexity index is 1480. The summed E-state index contributed by atoms with van der Waals surface area (Å²) in [5.41, 5.74) is -0.995. The second kappa shape index (κ2) is 9.13. The van der Waals surface area contributed by atoms with Crippen molar-refractivity contribution >= 4 is 34.2 Å². The number of imidazole rings is 2. The number of aromatic nitrogens is 8. The molecule has 1 aliphatic rings. The molecule has 1 fully saturated rings. The molecule has 17 nitrogen and oxygen atoms in total. The molecule has 1 saturated heterocycles. The number of H-pyrrole nitrogens is 2. The van der Waals surface area contributed by atoms with Gasteiger partial charge in [-0.25, -0.2) is 9.97 Å². The number of aliphatic hydroxyl groups is 4. The summed E-state index contributed by atoms with van der Waals surface area (Å²) in [4.78, 5) is 46.6. The van der Waals surface area contributed by atoms with Crippen LogP contribution in [0.3, 0.4) is 0 Å². The van der Waals surface area contributed by atoms with Gasteiger partial charge in [0.25, 0.3) is 11.1 Å². The molecule has 1 aliphatic heterocycles. The first kappa shape index (κ1) is 23.0. The molecule has 0 amide bonds. The second-order valence-corrected chi connectivity index (χ2v) is 7.65. The van der Waals surface area contributed by atoms with Crippen LogP contribution in [0.15, 0.2) is 22.2 Å². The van der Waals surface area contributed by atoms with Crippen molar-refractivity contribution in [3.8, 4) is 0 Å². The van der Waals surface area contributed by atoms with Gasteiger partial charge in [0.1, 0.15) is 25.0 Å². The third-order valence-corrected chi connectivity index (χ3v) is 5.40. The lowest BCUT2D eigenvalue weighted by Gasteiger charge is -2.16. The smallest absolute Gasteiger partial charge is 0.280 e. The zero-order valence-corrected chi connectivity index (χ0v) is 17.9. The predicted octanol–water partition coefficient (Wildman–Crippen LogP) is -3.13. The molecule has 4 aromatic rings. The second-order valence-electron chi connectivity index (χ2n) is 7.65. The maximum Gasteiger partial charge on any atom is 0.280 e. The van der Waals surface area contributed by atoms with E-state index in [2.05, 4.69) is 35.2 Å². The zero-order chi connectivity index (χ0) is 24.7. The number of aliphatic hydroxyl groups excluding tert-OH is 4. The van der Waals surface area contributed by atoms with Crippen LogP contribution in [-0.2, 0) is 16.2 Å². The highest BCUT2D eigenvalue weighted by molar-refractivity contribution is 5.73. The quantitative estimate of drug-likeness (QED) is 0.121. The van der Waals surface area contributed by atoms with E-state index < -0.39 is 42.3 Å². The molecule has 17 heteroatoms. The number of aromatic amines is 2. The SMILES string of the molecule is O=c1[nH]c(Nc2nc3c(ncn3[C@@H]3O[C@H](CO)[C@@H](O)[C@H]3O)c(=O)[nH]2)nc2c1ncn2COCCO. The first-order valence-electron chi connectivity index (χ1n) is 10.4. The molecule has 35 heavy (non-hydrogen) atoms. The fraction of sp³-hybridized carbons (Fsp3) is 0.444. The van der Waals surface area contributed by atoms with E-state index in [4.69, 9.17) is 14.6 Å². The van der Waals surface area contributed by atoms with Crippen molar-refractivity contribution in [3.63, 3.8) is 0 Å². The van der Waals surface area contributed by atoms with Gasteiger partial charge < -0.3 is 29.9 Å². The first-order chi connectivity index (χ1) is 16.9. The van der Waals surface area contributed by atoms with Crippen molar-refractivity contribution in [3.05, 3.63) is 33.4 Å². The summed E-state index contributed by atoms with van der Waals surface area (Å²) < 4.78 is 13.5. The Balaban J connectivity index is 1.49. The minimum Gasteiger partial charge on any atom is -0.394 e. The lowest BCUT2D eigenvalue weighted by molar-refractivity contribution is -0.0511. The van der Waals surface area contributed by atoms with Gasteiger partial charge in [-0.3, -0.25) is 34.0 Å². The van der Waals surface area contributed by atoms with E-state index in [0.29, 0.717) is 0 Å². The lowest BCUT2D eigenvalue weighted by atomic mass is 10.1. The van der Waals surface area contributed by atoms with Gasteiger partial charge in [-0.15, -0.1) is 0 Å². The third kappa shape index (κ3) is 4.05. The molecule has 5 rings (SSSR count). The summed E-state index contributed by atoms with van der Waals surface area (Å²) >= 11 is 0. The number of anilines is 2. The van der Waals surface area contributed by atoms with Gasteiger partial charge in [0.15, 0.2) is 28.6 Å². The van der Waals surface area contributed by atoms with Crippen molar-refractivity contribution < 1.29 is 29.9 Å². The van der Waals surface area contributed by atoms with Crippen LogP contribution in [0.25, 0.3) is 22.3 Å². The standard InChI is InChI=1S/C18H21N9O8/c28-1-2-34-6-26-4-19-8-12(26)21-17(23-14(8)32)25-18-22-13-9(15(33)24-18)20-5-27(13)16-11(31)10(30)7(3-29)35-16/h4-5,7,10-11,16,28-31H,1-3,6H2,(H3,21,22,23,24,25,32,33)/t7-,10-,11-,16-/m1/s1. The van der Waals surface area contributed by atoms with Gasteiger partial charge in [-0.2, -0.15) is 9.97 Å². The van der Waals surface area contributed by atoms with E-state index in [1.54, 1.807) is 0 Å². The van der Waals surface area contributed by atoms with Crippen LogP contribution in [-0.4, -0.2) is 97.6 Å². The third-order valence-electron chi connectivity index (χ3n) is 5.40. The Hall–Kier alpha value is -3.74. The van der Waals surface area contributed by atoms with Gasteiger partial charge in [0.05, 0.1) is 32.5 Å². The van der Waals surface area contributed by atoms with Crippen molar-refractivity contribution in [1.29, 1.82) is 0 Å². The Morgan fingerprint density at radius 2 is 1.66 bits per heavy atom. The summed E-state index contributed by atoms with van der Waals surface area (Å²) in [7, 11) is 0. The Morgan fingerprint density at radius 1 is 1.00 bits per heavy atom. The Kier molecular flexibility index (Phi) is 6.01. The van der Waals surface area contributed by atoms with Crippen LogP contribution in [0.4, 0.5) is 11.9 Å². The van der Waals surface area contributed by atoms with Crippen molar-refractivity contribution in [2.24, 2.45) is 0 Å². The van der Waals surface area contributed by atoms with Gasteiger partial charge in [-0.1, -0.05) is 0 Å². The van der Waals surface area contributed by atoms with Gasteiger partial charge in [0, 0.05) is 0 Å². The molecule has 4 aromatic heterocycles. The van der Waals surface area contributed by atoms with E-state index in [-0.39, 0.29) is 54.2 Å². The Labute approximate surface area is 193 Å². The molecule has 0 radical (unpaired) electrons. The molecule has 0 aliphatic carbocycles. The average Bonchev–Trinajstić information content (AvgIpc) is 3.51. The Morgan fingerprint density at radius 3 is 2.31 bits per heavy atom. The largest absolute Gasteiger partial charge is 0.394 e. The van der Waals surface area contributed by atoms with Crippen molar-refractivity contribution in [1.82, 2.24) is 39.0 Å². The molecular weight excluding hydrogens is 470 g/mol. The van der Waals surface area contributed by atoms with Crippen LogP contribution in [0, 0.1) is 0 Å². The highest BCUT2D eigenvalue weighted by Crippen LogP contribution is 2.31. The normalized spacial score (nSPS) is 22.4. The summed E-state index contributed by atoms with van der Waals surface area (Å²) in [5, 5.41) is 41.3. The van der Waals surface area contributed by atoms with Crippen LogP contribution in [0.5, 0.6) is 0 Å². The minimum absolute atomic E-state index is 0.00240. The van der Waals surface area contributed by atoms with Crippen LogP contribution < -0.4 is 16.4 Å². The van der Waals surface area contributed by atoms with E-state index in [1.165, 1.54) is 21.8 Å². The summed E-state index contributed by atoms with van der Waals surface area (Å²) in [6.45, 7) is -0.612. The topological polar surface area (TPSA) is 239 Å². The highest BCUT2D eigenvalue weighted by Gasteiger charge is 2.44. The molecule has 0 saturated carbocycles. The van der Waals surface area contributed by atoms with Crippen LogP contribution in [0.2, 0.25) is 0 Å². The molecule has 186 valence electrons. The number of nitrogens with zero attached hydrogens (tertiary/aromatic N) is 6. The fourth-order valence-electron chi connectivity index (χ4n) is 3.73. The van der Waals surface area contributed by atoms with Gasteiger partial charge in [0.2, 0.25) is 11.9 Å². The molecule has 0 bridgehead atoms. The van der Waals surface area contributed by atoms with Crippen molar-refractivity contribution in [2.45, 2.75) is 31.3 Å². The number of ether oxygens (including phenoxy) is 2. The zero-order valence-electron chi connectivity index (χ0n) is 17.9. The minimum atomic E-state index is -1.41. The van der Waals surface area contributed by atoms with E-state index in [1.807, 2.05) is 0 Å². The van der Waals surface area contributed by atoms with Crippen LogP contribution >= 0.6 is 0 Å². The van der Waals surface area contributed by atoms with Gasteiger partial charge in [-0.05, 0) is 0 Å². The molecule has 5 heterocycles. The van der Waals surface area contributed by atoms with Crippen molar-refractivity contribution in [2.75, 3.05) is 25.1 Å². The van der Waals surface area contributed by atoms with Crippen LogP contribution in [0.1, 0.15) is 6.23 Å². The lowest BCUT2D eigenvalue weighted by Crippen LogP contribution is -2.33. The molecule has 0 aromatic carbocycles. The molecule has 0 unspecified atom stereocenters. The van der Waals surface area contributed by atoms with E-state index >= 15 is 0 Å². The summed E-state index contributed by atoms with van der Waals surface area (Å²) in [5.74, 6) is -0.172. The van der Waals surface area contributed by atoms with E-state index in [9.17, 15) is 24.9 Å². The molecule has 7 N–H and O–H groups in total. The van der Waals surface area contributed by atoms with E-state index in [0.717, 1.165) is 0 Å². The first-order valence-corrected chi connectivity index (χ1v) is 10.4. The summed E-state index contributed by atoms with van der Waals surface area (Å²) in [6.07, 6.45) is -2.37. The number of nitrogens with one attached hydrogen (secondary N) is 3. The predicted molar refractivity (Wildman–Crippen MR) is 116 cm³/mol. The number of fused-ring (bicyclic) bond motifs is 2. The number of hydrogen-bond acceptors (Lipinski definition) is 13. The maximum atomic E-state index is 12.6. The maximum absolute atomic E-state index is 12.6. The fourth-order valence-corrected chi connectivity index (χ4v) is 3.73. The van der Waals surface area contributed by atoms with Gasteiger partial charge >= 0.3 is 0 Å². The number of rotatable bonds is 8. The molecular formula is C18H21N9O8. The monoisotopic (exact) mass is 491 g/mol. The number of hydrogen-bond donors (Lipinski definition) is 7. The highest BCUT2D eigenvalue weighted by atomic mass is 16.6.